The molecular formula is C15H26IN5O2. The van der Waals surface area contributed by atoms with Crippen molar-refractivity contribution in [1.82, 2.24) is 20.4 Å². The number of carbonyl (C=O) groups is 2. The Labute approximate surface area is 154 Å². The topological polar surface area (TPSA) is 77.0 Å². The number of urea groups is 1. The highest BCUT2D eigenvalue weighted by Crippen LogP contribution is 2.47. The SMILES string of the molecule is CCNC(=NCCN1C(=O)CNC1=O)N1CCC2(CCC2)C1.I. The van der Waals surface area contributed by atoms with Crippen molar-refractivity contribution in [3.05, 3.63) is 0 Å². The van der Waals surface area contributed by atoms with Crippen LogP contribution in [0.2, 0.25) is 0 Å². The fourth-order valence-corrected chi connectivity index (χ4v) is 3.56. The number of amides is 3. The Bertz CT molecular complexity index is 476. The molecule has 3 rings (SSSR count). The highest BCUT2D eigenvalue weighted by atomic mass is 127. The van der Waals surface area contributed by atoms with Gasteiger partial charge in [-0.15, -0.1) is 24.0 Å². The van der Waals surface area contributed by atoms with Crippen molar-refractivity contribution in [3.8, 4) is 0 Å². The molecule has 2 heterocycles. The molecule has 0 atom stereocenters. The molecule has 0 radical (unpaired) electrons. The van der Waals surface area contributed by atoms with Crippen LogP contribution in [-0.4, -0.2) is 67.0 Å². The monoisotopic (exact) mass is 435 g/mol. The smallest absolute Gasteiger partial charge is 0.324 e. The van der Waals surface area contributed by atoms with E-state index >= 15 is 0 Å². The molecular weight excluding hydrogens is 409 g/mol. The van der Waals surface area contributed by atoms with E-state index in [2.05, 4.69) is 27.4 Å². The van der Waals surface area contributed by atoms with Gasteiger partial charge in [0.25, 0.3) is 0 Å². The molecule has 0 aromatic carbocycles. The van der Waals surface area contributed by atoms with Gasteiger partial charge in [0.2, 0.25) is 5.91 Å². The number of imide groups is 1. The molecule has 3 aliphatic rings. The van der Waals surface area contributed by atoms with Crippen LogP contribution in [-0.2, 0) is 4.79 Å². The summed E-state index contributed by atoms with van der Waals surface area (Å²) in [6.07, 6.45) is 5.29. The van der Waals surface area contributed by atoms with Crippen molar-refractivity contribution in [2.75, 3.05) is 39.3 Å². The predicted octanol–water partition coefficient (Wildman–Crippen LogP) is 0.998. The Morgan fingerprint density at radius 3 is 2.65 bits per heavy atom. The molecule has 23 heavy (non-hydrogen) atoms. The van der Waals surface area contributed by atoms with E-state index < -0.39 is 0 Å². The van der Waals surface area contributed by atoms with E-state index in [4.69, 9.17) is 0 Å². The highest BCUT2D eigenvalue weighted by molar-refractivity contribution is 14.0. The van der Waals surface area contributed by atoms with Crippen molar-refractivity contribution >= 4 is 41.9 Å². The third-order valence-electron chi connectivity index (χ3n) is 5.01. The van der Waals surface area contributed by atoms with Gasteiger partial charge in [0, 0.05) is 19.6 Å². The first kappa shape index (κ1) is 18.3. The fourth-order valence-electron chi connectivity index (χ4n) is 3.56. The Hall–Kier alpha value is -1.06. The molecule has 0 aromatic heterocycles. The lowest BCUT2D eigenvalue weighted by Crippen LogP contribution is -2.43. The van der Waals surface area contributed by atoms with Gasteiger partial charge in [-0.3, -0.25) is 14.7 Å². The number of nitrogens with one attached hydrogen (secondary N) is 2. The van der Waals surface area contributed by atoms with E-state index in [9.17, 15) is 9.59 Å². The summed E-state index contributed by atoms with van der Waals surface area (Å²) in [4.78, 5) is 31.2. The molecule has 1 spiro atoms. The first-order valence-corrected chi connectivity index (χ1v) is 8.25. The number of hydrogen-bond acceptors (Lipinski definition) is 3. The molecule has 3 amide bonds. The van der Waals surface area contributed by atoms with Crippen molar-refractivity contribution in [1.29, 1.82) is 0 Å². The highest BCUT2D eigenvalue weighted by Gasteiger charge is 2.43. The largest absolute Gasteiger partial charge is 0.357 e. The second-order valence-electron chi connectivity index (χ2n) is 6.46. The van der Waals surface area contributed by atoms with Crippen LogP contribution in [0.25, 0.3) is 0 Å². The van der Waals surface area contributed by atoms with Gasteiger partial charge in [-0.2, -0.15) is 0 Å². The van der Waals surface area contributed by atoms with Gasteiger partial charge in [0.15, 0.2) is 5.96 Å². The molecule has 0 aromatic rings. The van der Waals surface area contributed by atoms with Crippen LogP contribution in [0.5, 0.6) is 0 Å². The lowest BCUT2D eigenvalue weighted by molar-refractivity contribution is -0.124. The van der Waals surface area contributed by atoms with Gasteiger partial charge in [0.05, 0.1) is 19.6 Å². The van der Waals surface area contributed by atoms with Crippen LogP contribution in [0.3, 0.4) is 0 Å². The van der Waals surface area contributed by atoms with Crippen molar-refractivity contribution in [3.63, 3.8) is 0 Å². The summed E-state index contributed by atoms with van der Waals surface area (Å²) < 4.78 is 0. The van der Waals surface area contributed by atoms with Gasteiger partial charge in [0.1, 0.15) is 0 Å². The summed E-state index contributed by atoms with van der Waals surface area (Å²) in [5, 5.41) is 5.86. The molecule has 8 heteroatoms. The van der Waals surface area contributed by atoms with Crippen LogP contribution < -0.4 is 10.6 Å². The third-order valence-corrected chi connectivity index (χ3v) is 5.01. The van der Waals surface area contributed by atoms with Crippen molar-refractivity contribution in [2.24, 2.45) is 10.4 Å². The molecule has 0 bridgehead atoms. The molecule has 1 saturated carbocycles. The number of guanidine groups is 1. The van der Waals surface area contributed by atoms with Crippen LogP contribution >= 0.6 is 24.0 Å². The summed E-state index contributed by atoms with van der Waals surface area (Å²) in [5.74, 6) is 0.748. The zero-order valence-electron chi connectivity index (χ0n) is 13.6. The summed E-state index contributed by atoms with van der Waals surface area (Å²) in [6, 6.07) is -0.306. The number of nitrogens with zero attached hydrogens (tertiary/aromatic N) is 3. The Morgan fingerprint density at radius 1 is 1.35 bits per heavy atom. The minimum Gasteiger partial charge on any atom is -0.357 e. The predicted molar refractivity (Wildman–Crippen MR) is 99.0 cm³/mol. The first-order valence-electron chi connectivity index (χ1n) is 8.25. The standard InChI is InChI=1S/C15H25N5O2.HI/c1-2-16-13(19-8-6-15(11-19)4-3-5-15)17-7-9-20-12(21)10-18-14(20)22;/h2-11H2,1H3,(H,16,17)(H,18,22);1H. The molecule has 2 saturated heterocycles. The Balaban J connectivity index is 0.00000192. The van der Waals surface area contributed by atoms with Gasteiger partial charge < -0.3 is 15.5 Å². The molecule has 7 nitrogen and oxygen atoms in total. The normalized spacial score (nSPS) is 22.9. The van der Waals surface area contributed by atoms with E-state index in [1.165, 1.54) is 30.6 Å². The van der Waals surface area contributed by atoms with E-state index in [-0.39, 0.29) is 42.5 Å². The molecule has 0 unspecified atom stereocenters. The zero-order chi connectivity index (χ0) is 15.6. The number of carbonyl (C=O) groups excluding carboxylic acids is 2. The zero-order valence-corrected chi connectivity index (χ0v) is 16.0. The second-order valence-corrected chi connectivity index (χ2v) is 6.46. The number of halogens is 1. The Morgan fingerprint density at radius 2 is 2.13 bits per heavy atom. The van der Waals surface area contributed by atoms with Crippen LogP contribution in [0.1, 0.15) is 32.6 Å². The molecule has 1 aliphatic carbocycles. The summed E-state index contributed by atoms with van der Waals surface area (Å²) >= 11 is 0. The maximum Gasteiger partial charge on any atom is 0.324 e. The van der Waals surface area contributed by atoms with Gasteiger partial charge >= 0.3 is 6.03 Å². The molecule has 130 valence electrons. The van der Waals surface area contributed by atoms with Crippen molar-refractivity contribution in [2.45, 2.75) is 32.6 Å². The number of aliphatic imine (C=N–C) groups is 1. The lowest BCUT2D eigenvalue weighted by atomic mass is 9.68. The van der Waals surface area contributed by atoms with E-state index in [0.29, 0.717) is 18.5 Å². The Kier molecular flexibility index (Phi) is 6.10. The summed E-state index contributed by atoms with van der Waals surface area (Å²) in [7, 11) is 0. The molecule has 3 fully saturated rings. The second kappa shape index (κ2) is 7.67. The average molecular weight is 435 g/mol. The van der Waals surface area contributed by atoms with E-state index in [0.717, 1.165) is 25.6 Å². The fraction of sp³-hybridized carbons (Fsp3) is 0.800. The molecule has 2 aliphatic heterocycles. The number of likely N-dealkylation sites (tertiary alicyclic amines) is 1. The third kappa shape index (κ3) is 3.89. The van der Waals surface area contributed by atoms with Gasteiger partial charge in [-0.25, -0.2) is 4.79 Å². The molecule has 2 N–H and O–H groups in total. The van der Waals surface area contributed by atoms with Gasteiger partial charge in [-0.05, 0) is 31.6 Å². The minimum atomic E-state index is -0.306. The minimum absolute atomic E-state index is 0. The summed E-state index contributed by atoms with van der Waals surface area (Å²) in [5.41, 5.74) is 0.529. The maximum atomic E-state index is 11.5. The van der Waals surface area contributed by atoms with E-state index in [1.807, 2.05) is 0 Å². The quantitative estimate of drug-likeness (QED) is 0.299. The number of rotatable bonds is 4. The maximum absolute atomic E-state index is 11.5. The summed E-state index contributed by atoms with van der Waals surface area (Å²) in [6.45, 7) is 5.92. The van der Waals surface area contributed by atoms with E-state index in [1.54, 1.807) is 0 Å². The first-order chi connectivity index (χ1) is 10.6. The van der Waals surface area contributed by atoms with Crippen molar-refractivity contribution < 1.29 is 9.59 Å². The van der Waals surface area contributed by atoms with Crippen LogP contribution in [0, 0.1) is 5.41 Å². The number of hydrogen-bond donors (Lipinski definition) is 2. The van der Waals surface area contributed by atoms with Gasteiger partial charge in [-0.1, -0.05) is 6.42 Å². The lowest BCUT2D eigenvalue weighted by Gasteiger charge is -2.38. The van der Waals surface area contributed by atoms with Crippen LogP contribution in [0.4, 0.5) is 4.79 Å². The van der Waals surface area contributed by atoms with Crippen LogP contribution in [0.15, 0.2) is 4.99 Å². The average Bonchev–Trinajstić information content (AvgIpc) is 3.04.